The molecule has 1 atom stereocenters. The lowest BCUT2D eigenvalue weighted by atomic mass is 10.2. The predicted molar refractivity (Wildman–Crippen MR) is 98.8 cm³/mol. The van der Waals surface area contributed by atoms with Gasteiger partial charge in [0.1, 0.15) is 0 Å². The maximum absolute atomic E-state index is 12.4. The van der Waals surface area contributed by atoms with Crippen molar-refractivity contribution in [2.45, 2.75) is 26.4 Å². The number of aryl methyl sites for hydroxylation is 1. The van der Waals surface area contributed by atoms with E-state index in [9.17, 15) is 9.59 Å². The zero-order valence-corrected chi connectivity index (χ0v) is 14.6. The van der Waals surface area contributed by atoms with E-state index in [1.807, 2.05) is 31.2 Å². The van der Waals surface area contributed by atoms with E-state index in [1.165, 1.54) is 6.20 Å². The van der Waals surface area contributed by atoms with Crippen LogP contribution in [0.2, 0.25) is 0 Å². The molecule has 3 aromatic rings. The molecule has 1 aromatic heterocycles. The number of nitrogens with one attached hydrogen (secondary N) is 1. The minimum atomic E-state index is -0.905. The van der Waals surface area contributed by atoms with Gasteiger partial charge in [-0.25, -0.2) is 9.78 Å². The number of para-hydroxylation sites is 2. The van der Waals surface area contributed by atoms with E-state index < -0.39 is 12.1 Å². The summed E-state index contributed by atoms with van der Waals surface area (Å²) in [7, 11) is 0. The quantitative estimate of drug-likeness (QED) is 0.713. The zero-order chi connectivity index (χ0) is 18.5. The number of carbonyl (C=O) groups excluding carboxylic acids is 2. The summed E-state index contributed by atoms with van der Waals surface area (Å²) in [4.78, 5) is 33.2. The number of benzene rings is 2. The third-order valence-electron chi connectivity index (χ3n) is 3.89. The number of aromatic nitrogens is 2. The van der Waals surface area contributed by atoms with Crippen LogP contribution in [0.25, 0.3) is 11.0 Å². The van der Waals surface area contributed by atoms with E-state index in [0.717, 1.165) is 5.56 Å². The van der Waals surface area contributed by atoms with Crippen molar-refractivity contribution in [3.63, 3.8) is 0 Å². The Morgan fingerprint density at radius 3 is 2.46 bits per heavy atom. The molecule has 3 rings (SSSR count). The standard InChI is InChI=1S/C20H19N3O3/c1-3-18(19(24)22-14-10-8-13(2)9-11-14)26-20(25)17-12-21-15-6-4-5-7-16(15)23-17/h4-12,18H,3H2,1-2H3,(H,22,24). The largest absolute Gasteiger partial charge is 0.447 e. The van der Waals surface area contributed by atoms with Crippen molar-refractivity contribution in [3.05, 3.63) is 66.0 Å². The molecule has 6 nitrogen and oxygen atoms in total. The van der Waals surface area contributed by atoms with Crippen LogP contribution in [-0.2, 0) is 9.53 Å². The number of rotatable bonds is 5. The molecule has 26 heavy (non-hydrogen) atoms. The fourth-order valence-corrected chi connectivity index (χ4v) is 2.43. The average Bonchev–Trinajstić information content (AvgIpc) is 2.67. The zero-order valence-electron chi connectivity index (χ0n) is 14.6. The van der Waals surface area contributed by atoms with Crippen molar-refractivity contribution in [2.24, 2.45) is 0 Å². The molecular weight excluding hydrogens is 330 g/mol. The summed E-state index contributed by atoms with van der Waals surface area (Å²) in [6.45, 7) is 3.74. The minimum absolute atomic E-state index is 0.0743. The first kappa shape index (κ1) is 17.5. The summed E-state index contributed by atoms with van der Waals surface area (Å²) in [6, 6.07) is 14.6. The van der Waals surface area contributed by atoms with Crippen LogP contribution in [0.3, 0.4) is 0 Å². The molecule has 0 fully saturated rings. The molecule has 1 unspecified atom stereocenters. The summed E-state index contributed by atoms with van der Waals surface area (Å²) in [6.07, 6.45) is 0.803. The molecule has 1 heterocycles. The first-order valence-electron chi connectivity index (χ1n) is 8.37. The molecule has 6 heteroatoms. The molecule has 0 saturated carbocycles. The smallest absolute Gasteiger partial charge is 0.359 e. The number of anilines is 1. The van der Waals surface area contributed by atoms with Gasteiger partial charge in [-0.05, 0) is 37.6 Å². The Bertz CT molecular complexity index is 938. The molecule has 2 aromatic carbocycles. The lowest BCUT2D eigenvalue weighted by Gasteiger charge is -2.16. The van der Waals surface area contributed by atoms with Gasteiger partial charge >= 0.3 is 5.97 Å². The fraction of sp³-hybridized carbons (Fsp3) is 0.200. The van der Waals surface area contributed by atoms with Gasteiger partial charge in [-0.3, -0.25) is 9.78 Å². The molecule has 0 radical (unpaired) electrons. The van der Waals surface area contributed by atoms with Gasteiger partial charge in [0.25, 0.3) is 5.91 Å². The highest BCUT2D eigenvalue weighted by molar-refractivity contribution is 5.97. The number of esters is 1. The maximum atomic E-state index is 12.4. The van der Waals surface area contributed by atoms with Crippen LogP contribution in [0.15, 0.2) is 54.7 Å². The SMILES string of the molecule is CCC(OC(=O)c1cnc2ccccc2n1)C(=O)Nc1ccc(C)cc1. The van der Waals surface area contributed by atoms with E-state index >= 15 is 0 Å². The highest BCUT2D eigenvalue weighted by atomic mass is 16.5. The van der Waals surface area contributed by atoms with Crippen LogP contribution in [0.5, 0.6) is 0 Å². The number of amides is 1. The van der Waals surface area contributed by atoms with E-state index in [1.54, 1.807) is 31.2 Å². The van der Waals surface area contributed by atoms with Gasteiger partial charge in [0.15, 0.2) is 11.8 Å². The monoisotopic (exact) mass is 349 g/mol. The van der Waals surface area contributed by atoms with Crippen LogP contribution >= 0.6 is 0 Å². The molecule has 0 aliphatic carbocycles. The Hall–Kier alpha value is -3.28. The van der Waals surface area contributed by atoms with Gasteiger partial charge in [0.05, 0.1) is 17.2 Å². The molecule has 0 saturated heterocycles. The third-order valence-corrected chi connectivity index (χ3v) is 3.89. The lowest BCUT2D eigenvalue weighted by Crippen LogP contribution is -2.32. The molecule has 0 aliphatic rings. The summed E-state index contributed by atoms with van der Waals surface area (Å²) >= 11 is 0. The summed E-state index contributed by atoms with van der Waals surface area (Å²) in [5.74, 6) is -1.05. The average molecular weight is 349 g/mol. The second-order valence-corrected chi connectivity index (χ2v) is 5.90. The second kappa shape index (κ2) is 7.74. The summed E-state index contributed by atoms with van der Waals surface area (Å²) < 4.78 is 5.34. The van der Waals surface area contributed by atoms with Gasteiger partial charge in [0, 0.05) is 5.69 Å². The molecule has 132 valence electrons. The van der Waals surface area contributed by atoms with Crippen LogP contribution in [0.1, 0.15) is 29.4 Å². The van der Waals surface area contributed by atoms with E-state index in [-0.39, 0.29) is 11.6 Å². The molecular formula is C20H19N3O3. The van der Waals surface area contributed by atoms with Crippen molar-refractivity contribution in [1.29, 1.82) is 0 Å². The van der Waals surface area contributed by atoms with Crippen molar-refractivity contribution in [2.75, 3.05) is 5.32 Å². The first-order chi connectivity index (χ1) is 12.6. The Morgan fingerprint density at radius 2 is 1.77 bits per heavy atom. The van der Waals surface area contributed by atoms with Gasteiger partial charge < -0.3 is 10.1 Å². The molecule has 0 spiro atoms. The topological polar surface area (TPSA) is 81.2 Å². The number of fused-ring (bicyclic) bond motifs is 1. The maximum Gasteiger partial charge on any atom is 0.359 e. The van der Waals surface area contributed by atoms with Crippen LogP contribution in [0.4, 0.5) is 5.69 Å². The van der Waals surface area contributed by atoms with Crippen LogP contribution < -0.4 is 5.32 Å². The Morgan fingerprint density at radius 1 is 1.08 bits per heavy atom. The van der Waals surface area contributed by atoms with Gasteiger partial charge in [0.2, 0.25) is 0 Å². The van der Waals surface area contributed by atoms with Crippen molar-refractivity contribution < 1.29 is 14.3 Å². The number of hydrogen-bond donors (Lipinski definition) is 1. The lowest BCUT2D eigenvalue weighted by molar-refractivity contribution is -0.124. The number of nitrogens with zero attached hydrogens (tertiary/aromatic N) is 2. The molecule has 0 bridgehead atoms. The molecule has 0 aliphatic heterocycles. The molecule has 1 N–H and O–H groups in total. The third kappa shape index (κ3) is 4.03. The van der Waals surface area contributed by atoms with Gasteiger partial charge in [-0.2, -0.15) is 0 Å². The highest BCUT2D eigenvalue weighted by Crippen LogP contribution is 2.13. The number of carbonyl (C=O) groups is 2. The van der Waals surface area contributed by atoms with Gasteiger partial charge in [-0.15, -0.1) is 0 Å². The van der Waals surface area contributed by atoms with E-state index in [0.29, 0.717) is 23.1 Å². The number of ether oxygens (including phenoxy) is 1. The summed E-state index contributed by atoms with van der Waals surface area (Å²) in [5, 5.41) is 2.75. The Balaban J connectivity index is 1.70. The van der Waals surface area contributed by atoms with Gasteiger partial charge in [-0.1, -0.05) is 36.8 Å². The van der Waals surface area contributed by atoms with Crippen molar-refractivity contribution in [1.82, 2.24) is 9.97 Å². The first-order valence-corrected chi connectivity index (χ1v) is 8.37. The summed E-state index contributed by atoms with van der Waals surface area (Å²) in [5.41, 5.74) is 3.11. The Labute approximate surface area is 151 Å². The highest BCUT2D eigenvalue weighted by Gasteiger charge is 2.23. The molecule has 1 amide bonds. The number of hydrogen-bond acceptors (Lipinski definition) is 5. The predicted octanol–water partition coefficient (Wildman–Crippen LogP) is 3.51. The minimum Gasteiger partial charge on any atom is -0.447 e. The fourth-order valence-electron chi connectivity index (χ4n) is 2.43. The van der Waals surface area contributed by atoms with Crippen molar-refractivity contribution >= 4 is 28.6 Å². The van der Waals surface area contributed by atoms with Crippen molar-refractivity contribution in [3.8, 4) is 0 Å². The van der Waals surface area contributed by atoms with Crippen LogP contribution in [0, 0.1) is 6.92 Å². The second-order valence-electron chi connectivity index (χ2n) is 5.90. The normalized spacial score (nSPS) is 11.8. The van der Waals surface area contributed by atoms with E-state index in [2.05, 4.69) is 15.3 Å². The Kier molecular flexibility index (Phi) is 5.22. The van der Waals surface area contributed by atoms with E-state index in [4.69, 9.17) is 4.74 Å². The van der Waals surface area contributed by atoms with Crippen LogP contribution in [-0.4, -0.2) is 27.9 Å².